The van der Waals surface area contributed by atoms with Gasteiger partial charge in [0.25, 0.3) is 0 Å². The molecule has 1 aromatic heterocycles. The van der Waals surface area contributed by atoms with Crippen LogP contribution in [0.4, 0.5) is 0 Å². The zero-order valence-corrected chi connectivity index (χ0v) is 7.35. The quantitative estimate of drug-likeness (QED) is 0.590. The summed E-state index contributed by atoms with van der Waals surface area (Å²) in [5.74, 6) is 1.41. The van der Waals surface area contributed by atoms with Crippen molar-refractivity contribution in [2.24, 2.45) is 0 Å². The van der Waals surface area contributed by atoms with Crippen LogP contribution in [0.2, 0.25) is 0 Å². The second kappa shape index (κ2) is 2.95. The molecule has 0 saturated heterocycles. The number of rotatable bonds is 2. The lowest BCUT2D eigenvalue weighted by molar-refractivity contribution is 0.528. The predicted molar refractivity (Wildman–Crippen MR) is 46.7 cm³/mol. The molecule has 0 radical (unpaired) electrons. The minimum absolute atomic E-state index is 0.411. The van der Waals surface area contributed by atoms with Crippen LogP contribution in [0.5, 0.6) is 0 Å². The summed E-state index contributed by atoms with van der Waals surface area (Å²) in [4.78, 5) is 0. The zero-order valence-electron chi connectivity index (χ0n) is 7.35. The van der Waals surface area contributed by atoms with E-state index in [1.807, 2.05) is 19.9 Å². The van der Waals surface area contributed by atoms with E-state index in [1.54, 1.807) is 6.26 Å². The smallest absolute Gasteiger partial charge is 0.104 e. The fourth-order valence-corrected chi connectivity index (χ4v) is 1.11. The molecule has 0 aromatic carbocycles. The topological polar surface area (TPSA) is 13.1 Å². The van der Waals surface area contributed by atoms with Crippen LogP contribution in [0.3, 0.4) is 0 Å². The zero-order chi connectivity index (χ0) is 8.43. The lowest BCUT2D eigenvalue weighted by Crippen LogP contribution is -1.93. The summed E-state index contributed by atoms with van der Waals surface area (Å²) in [7, 11) is 0. The minimum Gasteiger partial charge on any atom is -0.469 e. The second-order valence-corrected chi connectivity index (χ2v) is 3.00. The van der Waals surface area contributed by atoms with Crippen LogP contribution in [-0.2, 0) is 0 Å². The lowest BCUT2D eigenvalue weighted by atomic mass is 9.96. The third-order valence-electron chi connectivity index (χ3n) is 2.10. The third-order valence-corrected chi connectivity index (χ3v) is 2.10. The molecule has 0 fully saturated rings. The summed E-state index contributed by atoms with van der Waals surface area (Å²) in [6.07, 6.45) is 1.73. The molecule has 0 spiro atoms. The number of aryl methyl sites for hydroxylation is 1. The van der Waals surface area contributed by atoms with Gasteiger partial charge in [-0.15, -0.1) is 0 Å². The first-order chi connectivity index (χ1) is 5.13. The summed E-state index contributed by atoms with van der Waals surface area (Å²) in [6.45, 7) is 10.1. The number of hydrogen-bond acceptors (Lipinski definition) is 1. The molecule has 0 aliphatic carbocycles. The lowest BCUT2D eigenvalue weighted by Gasteiger charge is -2.08. The van der Waals surface area contributed by atoms with Crippen molar-refractivity contribution in [3.8, 4) is 0 Å². The Labute approximate surface area is 67.7 Å². The van der Waals surface area contributed by atoms with E-state index in [1.165, 1.54) is 11.1 Å². The number of hydrogen-bond donors (Lipinski definition) is 0. The van der Waals surface area contributed by atoms with Crippen LogP contribution in [-0.4, -0.2) is 0 Å². The molecular weight excluding hydrogens is 136 g/mol. The van der Waals surface area contributed by atoms with Gasteiger partial charge in [-0.05, 0) is 19.9 Å². The molecule has 1 atom stereocenters. The first kappa shape index (κ1) is 8.12. The van der Waals surface area contributed by atoms with Crippen molar-refractivity contribution in [2.75, 3.05) is 0 Å². The Morgan fingerprint density at radius 2 is 2.27 bits per heavy atom. The van der Waals surface area contributed by atoms with Crippen molar-refractivity contribution >= 4 is 0 Å². The van der Waals surface area contributed by atoms with E-state index in [0.29, 0.717) is 5.92 Å². The Kier molecular flexibility index (Phi) is 2.18. The summed E-state index contributed by atoms with van der Waals surface area (Å²) >= 11 is 0. The average molecular weight is 150 g/mol. The summed E-state index contributed by atoms with van der Waals surface area (Å²) in [5, 5.41) is 0. The van der Waals surface area contributed by atoms with E-state index in [9.17, 15) is 0 Å². The summed E-state index contributed by atoms with van der Waals surface area (Å²) < 4.78 is 5.19. The molecule has 60 valence electrons. The fraction of sp³-hybridized carbons (Fsp3) is 0.400. The number of furan rings is 1. The molecule has 1 heterocycles. The van der Waals surface area contributed by atoms with Gasteiger partial charge < -0.3 is 4.42 Å². The van der Waals surface area contributed by atoms with Crippen molar-refractivity contribution in [1.82, 2.24) is 0 Å². The fourth-order valence-electron chi connectivity index (χ4n) is 1.11. The van der Waals surface area contributed by atoms with E-state index in [2.05, 4.69) is 13.5 Å². The molecule has 0 aliphatic rings. The molecule has 0 amide bonds. The molecule has 1 nitrogen and oxygen atoms in total. The maximum Gasteiger partial charge on any atom is 0.104 e. The van der Waals surface area contributed by atoms with Crippen molar-refractivity contribution < 1.29 is 4.42 Å². The van der Waals surface area contributed by atoms with Gasteiger partial charge in [0, 0.05) is 11.5 Å². The van der Waals surface area contributed by atoms with Crippen molar-refractivity contribution in [2.45, 2.75) is 26.7 Å². The Morgan fingerprint density at radius 1 is 1.64 bits per heavy atom. The van der Waals surface area contributed by atoms with E-state index in [4.69, 9.17) is 4.42 Å². The monoisotopic (exact) mass is 150 g/mol. The van der Waals surface area contributed by atoms with Crippen LogP contribution in [0.15, 0.2) is 28.9 Å². The SMILES string of the molecule is C=C(C)C(C)c1ccoc1C. The molecular formula is C10H14O. The van der Waals surface area contributed by atoms with Crippen LogP contribution in [0, 0.1) is 6.92 Å². The van der Waals surface area contributed by atoms with Crippen molar-refractivity contribution in [1.29, 1.82) is 0 Å². The highest BCUT2D eigenvalue weighted by Crippen LogP contribution is 2.25. The highest BCUT2D eigenvalue weighted by molar-refractivity contribution is 5.27. The predicted octanol–water partition coefficient (Wildman–Crippen LogP) is 3.27. The largest absolute Gasteiger partial charge is 0.469 e. The van der Waals surface area contributed by atoms with Crippen LogP contribution in [0.25, 0.3) is 0 Å². The Hall–Kier alpha value is -0.980. The van der Waals surface area contributed by atoms with E-state index in [-0.39, 0.29) is 0 Å². The van der Waals surface area contributed by atoms with E-state index < -0.39 is 0 Å². The Morgan fingerprint density at radius 3 is 2.64 bits per heavy atom. The first-order valence-corrected chi connectivity index (χ1v) is 3.82. The average Bonchev–Trinajstić information content (AvgIpc) is 2.33. The Balaban J connectivity index is 2.92. The van der Waals surface area contributed by atoms with Gasteiger partial charge in [0.1, 0.15) is 5.76 Å². The van der Waals surface area contributed by atoms with Gasteiger partial charge in [-0.3, -0.25) is 0 Å². The van der Waals surface area contributed by atoms with Crippen molar-refractivity contribution in [3.05, 3.63) is 35.8 Å². The highest BCUT2D eigenvalue weighted by Gasteiger charge is 2.10. The minimum atomic E-state index is 0.411. The summed E-state index contributed by atoms with van der Waals surface area (Å²) in [5.41, 5.74) is 2.42. The van der Waals surface area contributed by atoms with E-state index in [0.717, 1.165) is 5.76 Å². The molecule has 0 saturated carbocycles. The molecule has 0 aliphatic heterocycles. The highest BCUT2D eigenvalue weighted by atomic mass is 16.3. The van der Waals surface area contributed by atoms with Gasteiger partial charge in [0.05, 0.1) is 6.26 Å². The van der Waals surface area contributed by atoms with Crippen LogP contribution >= 0.6 is 0 Å². The second-order valence-electron chi connectivity index (χ2n) is 3.00. The molecule has 0 N–H and O–H groups in total. The van der Waals surface area contributed by atoms with Gasteiger partial charge in [-0.25, -0.2) is 0 Å². The van der Waals surface area contributed by atoms with E-state index >= 15 is 0 Å². The standard InChI is InChI=1S/C10H14O/c1-7(2)8(3)10-5-6-11-9(10)4/h5-6,8H,1H2,2-4H3. The number of allylic oxidation sites excluding steroid dienone is 1. The maximum absolute atomic E-state index is 5.19. The van der Waals surface area contributed by atoms with Gasteiger partial charge >= 0.3 is 0 Å². The molecule has 1 heteroatoms. The molecule has 1 aromatic rings. The maximum atomic E-state index is 5.19. The van der Waals surface area contributed by atoms with Crippen LogP contribution < -0.4 is 0 Å². The summed E-state index contributed by atoms with van der Waals surface area (Å²) in [6, 6.07) is 2.01. The van der Waals surface area contributed by atoms with Gasteiger partial charge in [0.15, 0.2) is 0 Å². The molecule has 11 heavy (non-hydrogen) atoms. The van der Waals surface area contributed by atoms with Crippen molar-refractivity contribution in [3.63, 3.8) is 0 Å². The first-order valence-electron chi connectivity index (χ1n) is 3.82. The van der Waals surface area contributed by atoms with Gasteiger partial charge in [0.2, 0.25) is 0 Å². The Bertz CT molecular complexity index is 258. The van der Waals surface area contributed by atoms with Crippen LogP contribution in [0.1, 0.15) is 31.1 Å². The molecule has 1 unspecified atom stereocenters. The van der Waals surface area contributed by atoms with Gasteiger partial charge in [-0.2, -0.15) is 0 Å². The van der Waals surface area contributed by atoms with Gasteiger partial charge in [-0.1, -0.05) is 19.1 Å². The third kappa shape index (κ3) is 1.53. The molecule has 1 rings (SSSR count). The molecule has 0 bridgehead atoms. The normalized spacial score (nSPS) is 13.0.